The van der Waals surface area contributed by atoms with Gasteiger partial charge in [0, 0.05) is 23.6 Å². The molecule has 0 aliphatic carbocycles. The highest BCUT2D eigenvalue weighted by atomic mass is 35.5. The third-order valence-corrected chi connectivity index (χ3v) is 5.36. The number of benzene rings is 2. The van der Waals surface area contributed by atoms with Crippen LogP contribution >= 0.6 is 11.6 Å². The van der Waals surface area contributed by atoms with E-state index in [2.05, 4.69) is 22.3 Å². The Morgan fingerprint density at radius 1 is 1.27 bits per heavy atom. The molecule has 0 saturated heterocycles. The molecule has 6 nitrogen and oxygen atoms in total. The highest BCUT2D eigenvalue weighted by Crippen LogP contribution is 2.32. The van der Waals surface area contributed by atoms with Crippen LogP contribution in [0.5, 0.6) is 5.75 Å². The first kappa shape index (κ1) is 22.7. The monoisotopic (exact) mass is 469 g/mol. The van der Waals surface area contributed by atoms with Gasteiger partial charge in [-0.25, -0.2) is 18.4 Å². The minimum absolute atomic E-state index is 0.0134. The molecule has 169 valence electrons. The van der Waals surface area contributed by atoms with Gasteiger partial charge in [0.15, 0.2) is 5.82 Å². The number of fused-ring (bicyclic) bond motifs is 1. The van der Waals surface area contributed by atoms with Gasteiger partial charge in [0.05, 0.1) is 29.1 Å². The average Bonchev–Trinajstić information content (AvgIpc) is 3.17. The first-order chi connectivity index (χ1) is 15.7. The number of nitrogens with zero attached hydrogens (tertiary/aromatic N) is 3. The number of amides is 1. The first-order valence-electron chi connectivity index (χ1n) is 10.0. The zero-order valence-electron chi connectivity index (χ0n) is 17.9. The summed E-state index contributed by atoms with van der Waals surface area (Å²) < 4.78 is 35.1. The molecular weight excluding hydrogens is 450 g/mol. The second kappa shape index (κ2) is 9.15. The van der Waals surface area contributed by atoms with E-state index in [1.54, 1.807) is 18.2 Å². The van der Waals surface area contributed by atoms with Gasteiger partial charge in [0.1, 0.15) is 23.7 Å². The second-order valence-corrected chi connectivity index (χ2v) is 7.94. The van der Waals surface area contributed by atoms with Crippen LogP contribution in [0.2, 0.25) is 5.02 Å². The SMILES string of the molecule is [CH2]C(NC(C)=O)c1cc(F)cc(Cl)c1COc1cccc2c(-n3cc(F)cn3)cc(C)nc12. The van der Waals surface area contributed by atoms with E-state index >= 15 is 0 Å². The fraction of sp³-hybridized carbons (Fsp3) is 0.167. The molecule has 1 radical (unpaired) electrons. The van der Waals surface area contributed by atoms with Gasteiger partial charge in [-0.1, -0.05) is 23.7 Å². The smallest absolute Gasteiger partial charge is 0.217 e. The van der Waals surface area contributed by atoms with E-state index in [0.29, 0.717) is 39.2 Å². The third-order valence-electron chi connectivity index (χ3n) is 5.03. The van der Waals surface area contributed by atoms with E-state index in [1.165, 1.54) is 29.9 Å². The highest BCUT2D eigenvalue weighted by molar-refractivity contribution is 6.31. The lowest BCUT2D eigenvalue weighted by atomic mass is 10.0. The molecule has 1 atom stereocenters. The fourth-order valence-corrected chi connectivity index (χ4v) is 3.89. The molecule has 4 rings (SSSR count). The number of ether oxygens (including phenoxy) is 1. The Hall–Kier alpha value is -3.52. The number of nitrogens with one attached hydrogen (secondary N) is 1. The Bertz CT molecular complexity index is 1360. The number of carbonyl (C=O) groups excluding carboxylic acids is 1. The van der Waals surface area contributed by atoms with Gasteiger partial charge in [0.2, 0.25) is 5.91 Å². The molecular formula is C24H20ClF2N4O2. The van der Waals surface area contributed by atoms with Crippen molar-refractivity contribution in [3.05, 3.63) is 89.2 Å². The first-order valence-corrected chi connectivity index (χ1v) is 10.4. The van der Waals surface area contributed by atoms with Crippen molar-refractivity contribution in [1.29, 1.82) is 0 Å². The largest absolute Gasteiger partial charge is 0.487 e. The predicted octanol–water partition coefficient (Wildman–Crippen LogP) is 5.25. The Kier molecular flexibility index (Phi) is 6.29. The van der Waals surface area contributed by atoms with Gasteiger partial charge < -0.3 is 10.1 Å². The van der Waals surface area contributed by atoms with Gasteiger partial charge in [-0.15, -0.1) is 0 Å². The molecule has 2 aromatic heterocycles. The van der Waals surface area contributed by atoms with E-state index in [1.807, 2.05) is 13.0 Å². The standard InChI is InChI=1S/C24H20ClF2N4O2/c1-13-7-22(31-11-17(27)10-28-31)18-5-4-6-23(24(18)29-13)33-12-20-19(14(2)30-15(3)32)8-16(26)9-21(20)25/h4-11,14H,2,12H2,1,3H3,(H,30,32). The van der Waals surface area contributed by atoms with Crippen LogP contribution in [0.3, 0.4) is 0 Å². The summed E-state index contributed by atoms with van der Waals surface area (Å²) in [6.07, 6.45) is 2.41. The number of hydrogen-bond acceptors (Lipinski definition) is 4. The van der Waals surface area contributed by atoms with E-state index in [9.17, 15) is 13.6 Å². The van der Waals surface area contributed by atoms with E-state index in [0.717, 1.165) is 6.20 Å². The number of aromatic nitrogens is 3. The van der Waals surface area contributed by atoms with Gasteiger partial charge in [0.25, 0.3) is 0 Å². The summed E-state index contributed by atoms with van der Waals surface area (Å²) in [4.78, 5) is 16.1. The lowest BCUT2D eigenvalue weighted by molar-refractivity contribution is -0.119. The van der Waals surface area contributed by atoms with Crippen molar-refractivity contribution < 1.29 is 18.3 Å². The molecule has 1 amide bonds. The van der Waals surface area contributed by atoms with Crippen molar-refractivity contribution in [2.75, 3.05) is 0 Å². The number of aryl methyl sites for hydroxylation is 1. The molecule has 2 heterocycles. The molecule has 0 saturated carbocycles. The van der Waals surface area contributed by atoms with Crippen LogP contribution in [-0.4, -0.2) is 20.7 Å². The number of para-hydroxylation sites is 1. The Morgan fingerprint density at radius 2 is 2.06 bits per heavy atom. The van der Waals surface area contributed by atoms with Crippen molar-refractivity contribution >= 4 is 28.4 Å². The molecule has 0 spiro atoms. The van der Waals surface area contributed by atoms with Crippen LogP contribution in [0.4, 0.5) is 8.78 Å². The summed E-state index contributed by atoms with van der Waals surface area (Å²) in [6.45, 7) is 7.04. The lowest BCUT2D eigenvalue weighted by Crippen LogP contribution is -2.25. The summed E-state index contributed by atoms with van der Waals surface area (Å²) in [6, 6.07) is 8.90. The molecule has 0 aliphatic heterocycles. The number of pyridine rings is 1. The number of carbonyl (C=O) groups is 1. The lowest BCUT2D eigenvalue weighted by Gasteiger charge is -2.19. The number of hydrogen-bond donors (Lipinski definition) is 1. The van der Waals surface area contributed by atoms with Gasteiger partial charge >= 0.3 is 0 Å². The van der Waals surface area contributed by atoms with Crippen LogP contribution in [0, 0.1) is 25.5 Å². The zero-order valence-corrected chi connectivity index (χ0v) is 18.7. The van der Waals surface area contributed by atoms with Crippen LogP contribution in [0.1, 0.15) is 29.8 Å². The van der Waals surface area contributed by atoms with Gasteiger partial charge in [-0.05, 0) is 43.7 Å². The maximum absolute atomic E-state index is 14.0. The van der Waals surface area contributed by atoms with Gasteiger partial charge in [-0.2, -0.15) is 5.10 Å². The summed E-state index contributed by atoms with van der Waals surface area (Å²) in [5, 5.41) is 7.55. The molecule has 4 aromatic rings. The molecule has 0 fully saturated rings. The molecule has 1 N–H and O–H groups in total. The van der Waals surface area contributed by atoms with Crippen molar-refractivity contribution in [1.82, 2.24) is 20.1 Å². The van der Waals surface area contributed by atoms with E-state index in [-0.39, 0.29) is 17.5 Å². The summed E-state index contributed by atoms with van der Waals surface area (Å²) >= 11 is 6.31. The van der Waals surface area contributed by atoms with Crippen LogP contribution in [0.25, 0.3) is 16.6 Å². The van der Waals surface area contributed by atoms with Crippen molar-refractivity contribution in [3.8, 4) is 11.4 Å². The summed E-state index contributed by atoms with van der Waals surface area (Å²) in [5.41, 5.74) is 2.79. The van der Waals surface area contributed by atoms with Crippen molar-refractivity contribution in [2.24, 2.45) is 0 Å². The van der Waals surface area contributed by atoms with Crippen molar-refractivity contribution in [2.45, 2.75) is 26.5 Å². The maximum atomic E-state index is 14.0. The minimum atomic E-state index is -0.719. The number of halogens is 3. The zero-order chi connectivity index (χ0) is 23.7. The van der Waals surface area contributed by atoms with Crippen LogP contribution in [0.15, 0.2) is 48.8 Å². The fourth-order valence-electron chi connectivity index (χ4n) is 3.63. The Morgan fingerprint density at radius 3 is 2.76 bits per heavy atom. The van der Waals surface area contributed by atoms with E-state index in [4.69, 9.17) is 16.3 Å². The molecule has 0 aliphatic rings. The quantitative estimate of drug-likeness (QED) is 0.418. The third kappa shape index (κ3) is 4.80. The van der Waals surface area contributed by atoms with Gasteiger partial charge in [-0.3, -0.25) is 4.79 Å². The molecule has 0 bridgehead atoms. The predicted molar refractivity (Wildman–Crippen MR) is 121 cm³/mol. The summed E-state index contributed by atoms with van der Waals surface area (Å²) in [7, 11) is 0. The van der Waals surface area contributed by atoms with E-state index < -0.39 is 17.7 Å². The molecule has 33 heavy (non-hydrogen) atoms. The maximum Gasteiger partial charge on any atom is 0.217 e. The van der Waals surface area contributed by atoms with Crippen molar-refractivity contribution in [3.63, 3.8) is 0 Å². The Labute approximate surface area is 194 Å². The second-order valence-electron chi connectivity index (χ2n) is 7.54. The normalized spacial score (nSPS) is 12.1. The van der Waals surface area contributed by atoms with Crippen LogP contribution < -0.4 is 10.1 Å². The highest BCUT2D eigenvalue weighted by Gasteiger charge is 2.18. The molecule has 9 heteroatoms. The Balaban J connectivity index is 1.73. The average molecular weight is 470 g/mol. The molecule has 1 unspecified atom stereocenters. The topological polar surface area (TPSA) is 69.0 Å². The molecule has 2 aromatic carbocycles. The van der Waals surface area contributed by atoms with Crippen LogP contribution in [-0.2, 0) is 11.4 Å². The number of rotatable bonds is 6. The summed E-state index contributed by atoms with van der Waals surface area (Å²) in [5.74, 6) is -0.850. The minimum Gasteiger partial charge on any atom is -0.487 e.